The summed E-state index contributed by atoms with van der Waals surface area (Å²) in [5.41, 5.74) is 2.87. The van der Waals surface area contributed by atoms with Crippen LogP contribution in [0.4, 0.5) is 0 Å². The SMILES string of the molecule is CCC(C)C(Cc1ccc(C(C)C)cc1)NC. The molecule has 2 atom stereocenters. The predicted molar refractivity (Wildman–Crippen MR) is 76.5 cm³/mol. The van der Waals surface area contributed by atoms with E-state index in [4.69, 9.17) is 0 Å². The molecule has 0 heterocycles. The van der Waals surface area contributed by atoms with E-state index in [0.717, 1.165) is 12.3 Å². The lowest BCUT2D eigenvalue weighted by Gasteiger charge is -2.22. The van der Waals surface area contributed by atoms with E-state index < -0.39 is 0 Å². The number of benzene rings is 1. The third-order valence-corrected chi connectivity index (χ3v) is 3.80. The molecule has 0 aliphatic carbocycles. The van der Waals surface area contributed by atoms with Crippen molar-refractivity contribution in [2.75, 3.05) is 7.05 Å². The summed E-state index contributed by atoms with van der Waals surface area (Å²) in [5, 5.41) is 3.44. The largest absolute Gasteiger partial charge is 0.316 e. The molecule has 0 amide bonds. The molecule has 1 aromatic carbocycles. The van der Waals surface area contributed by atoms with Crippen LogP contribution in [0.25, 0.3) is 0 Å². The molecule has 0 aliphatic heterocycles. The quantitative estimate of drug-likeness (QED) is 0.783. The Hall–Kier alpha value is -0.820. The van der Waals surface area contributed by atoms with Gasteiger partial charge in [-0.2, -0.15) is 0 Å². The first kappa shape index (κ1) is 14.2. The van der Waals surface area contributed by atoms with Crippen molar-refractivity contribution in [3.05, 3.63) is 35.4 Å². The Morgan fingerprint density at radius 2 is 1.65 bits per heavy atom. The molecule has 2 unspecified atom stereocenters. The van der Waals surface area contributed by atoms with Gasteiger partial charge in [0, 0.05) is 6.04 Å². The summed E-state index contributed by atoms with van der Waals surface area (Å²) in [5.74, 6) is 1.35. The fraction of sp³-hybridized carbons (Fsp3) is 0.625. The first-order chi connectivity index (χ1) is 8.08. The highest BCUT2D eigenvalue weighted by Gasteiger charge is 2.14. The van der Waals surface area contributed by atoms with E-state index in [1.165, 1.54) is 17.5 Å². The van der Waals surface area contributed by atoms with Gasteiger partial charge >= 0.3 is 0 Å². The van der Waals surface area contributed by atoms with Gasteiger partial charge in [-0.25, -0.2) is 0 Å². The molecule has 0 saturated heterocycles. The zero-order valence-corrected chi connectivity index (χ0v) is 12.0. The molecular weight excluding hydrogens is 206 g/mol. The van der Waals surface area contributed by atoms with Gasteiger partial charge in [0.2, 0.25) is 0 Å². The molecular formula is C16H27N. The van der Waals surface area contributed by atoms with Crippen molar-refractivity contribution < 1.29 is 0 Å². The highest BCUT2D eigenvalue weighted by atomic mass is 14.9. The van der Waals surface area contributed by atoms with Crippen molar-refractivity contribution in [3.63, 3.8) is 0 Å². The normalized spacial score (nSPS) is 14.9. The van der Waals surface area contributed by atoms with E-state index in [1.54, 1.807) is 0 Å². The average molecular weight is 233 g/mol. The standard InChI is InChI=1S/C16H27N/c1-6-13(4)16(17-5)11-14-7-9-15(10-8-14)12(2)3/h7-10,12-13,16-17H,6,11H2,1-5H3. The Bertz CT molecular complexity index is 313. The lowest BCUT2D eigenvalue weighted by Crippen LogP contribution is -2.33. The maximum atomic E-state index is 3.44. The van der Waals surface area contributed by atoms with Crippen LogP contribution >= 0.6 is 0 Å². The molecule has 0 saturated carbocycles. The summed E-state index contributed by atoms with van der Waals surface area (Å²) < 4.78 is 0. The summed E-state index contributed by atoms with van der Waals surface area (Å²) in [6.07, 6.45) is 2.36. The minimum absolute atomic E-state index is 0.588. The van der Waals surface area contributed by atoms with E-state index >= 15 is 0 Å². The van der Waals surface area contributed by atoms with Gasteiger partial charge < -0.3 is 5.32 Å². The van der Waals surface area contributed by atoms with Crippen molar-refractivity contribution in [2.24, 2.45) is 5.92 Å². The summed E-state index contributed by atoms with van der Waals surface area (Å²) >= 11 is 0. The fourth-order valence-corrected chi connectivity index (χ4v) is 2.16. The Balaban J connectivity index is 2.67. The molecule has 17 heavy (non-hydrogen) atoms. The Kier molecular flexibility index (Phi) is 5.70. The van der Waals surface area contributed by atoms with Crippen LogP contribution in [-0.2, 0) is 6.42 Å². The minimum atomic E-state index is 0.588. The average Bonchev–Trinajstić information content (AvgIpc) is 2.35. The molecule has 0 aliphatic rings. The summed E-state index contributed by atoms with van der Waals surface area (Å²) in [4.78, 5) is 0. The number of hydrogen-bond donors (Lipinski definition) is 1. The maximum Gasteiger partial charge on any atom is 0.0130 e. The van der Waals surface area contributed by atoms with E-state index in [0.29, 0.717) is 12.0 Å². The molecule has 0 fully saturated rings. The Labute approximate surface area is 107 Å². The topological polar surface area (TPSA) is 12.0 Å². The van der Waals surface area contributed by atoms with Crippen LogP contribution in [0.2, 0.25) is 0 Å². The van der Waals surface area contributed by atoms with Gasteiger partial charge in [0.25, 0.3) is 0 Å². The number of likely N-dealkylation sites (N-methyl/N-ethyl adjacent to an activating group) is 1. The van der Waals surface area contributed by atoms with Crippen LogP contribution in [-0.4, -0.2) is 13.1 Å². The lowest BCUT2D eigenvalue weighted by atomic mass is 9.92. The van der Waals surface area contributed by atoms with Gasteiger partial charge in [0.1, 0.15) is 0 Å². The number of rotatable bonds is 6. The monoisotopic (exact) mass is 233 g/mol. The van der Waals surface area contributed by atoms with Gasteiger partial charge in [0.05, 0.1) is 0 Å². The third-order valence-electron chi connectivity index (χ3n) is 3.80. The first-order valence-electron chi connectivity index (χ1n) is 6.84. The molecule has 0 aromatic heterocycles. The summed E-state index contributed by atoms with van der Waals surface area (Å²) in [6, 6.07) is 9.68. The molecule has 1 nitrogen and oxygen atoms in total. The van der Waals surface area contributed by atoms with Gasteiger partial charge in [-0.3, -0.25) is 0 Å². The second kappa shape index (κ2) is 6.80. The number of hydrogen-bond acceptors (Lipinski definition) is 1. The smallest absolute Gasteiger partial charge is 0.0130 e. The second-order valence-electron chi connectivity index (χ2n) is 5.38. The highest BCUT2D eigenvalue weighted by molar-refractivity contribution is 5.25. The van der Waals surface area contributed by atoms with Crippen LogP contribution in [0.5, 0.6) is 0 Å². The van der Waals surface area contributed by atoms with Crippen molar-refractivity contribution >= 4 is 0 Å². The van der Waals surface area contributed by atoms with Crippen molar-refractivity contribution in [3.8, 4) is 0 Å². The third kappa shape index (κ3) is 4.16. The van der Waals surface area contributed by atoms with E-state index in [2.05, 4.69) is 64.3 Å². The predicted octanol–water partition coefficient (Wildman–Crippen LogP) is 3.99. The molecule has 0 bridgehead atoms. The maximum absolute atomic E-state index is 3.44. The summed E-state index contributed by atoms with van der Waals surface area (Å²) in [6.45, 7) is 9.07. The van der Waals surface area contributed by atoms with Gasteiger partial charge in [-0.1, -0.05) is 58.4 Å². The van der Waals surface area contributed by atoms with Crippen molar-refractivity contribution in [1.29, 1.82) is 0 Å². The fourth-order valence-electron chi connectivity index (χ4n) is 2.16. The molecule has 1 rings (SSSR count). The summed E-state index contributed by atoms with van der Waals surface area (Å²) in [7, 11) is 2.07. The van der Waals surface area contributed by atoms with E-state index in [-0.39, 0.29) is 0 Å². The molecule has 0 spiro atoms. The van der Waals surface area contributed by atoms with Gasteiger partial charge in [-0.05, 0) is 36.4 Å². The lowest BCUT2D eigenvalue weighted by molar-refractivity contribution is 0.386. The van der Waals surface area contributed by atoms with Gasteiger partial charge in [0.15, 0.2) is 0 Å². The van der Waals surface area contributed by atoms with Crippen molar-refractivity contribution in [1.82, 2.24) is 5.32 Å². The Morgan fingerprint density at radius 1 is 1.06 bits per heavy atom. The van der Waals surface area contributed by atoms with Gasteiger partial charge in [-0.15, -0.1) is 0 Å². The zero-order chi connectivity index (χ0) is 12.8. The first-order valence-corrected chi connectivity index (χ1v) is 6.84. The number of nitrogens with one attached hydrogen (secondary N) is 1. The van der Waals surface area contributed by atoms with Crippen LogP contribution in [0.3, 0.4) is 0 Å². The molecule has 1 N–H and O–H groups in total. The van der Waals surface area contributed by atoms with E-state index in [9.17, 15) is 0 Å². The highest BCUT2D eigenvalue weighted by Crippen LogP contribution is 2.17. The Morgan fingerprint density at radius 3 is 2.06 bits per heavy atom. The zero-order valence-electron chi connectivity index (χ0n) is 12.0. The molecule has 1 heteroatoms. The van der Waals surface area contributed by atoms with Crippen LogP contribution < -0.4 is 5.32 Å². The van der Waals surface area contributed by atoms with E-state index in [1.807, 2.05) is 0 Å². The minimum Gasteiger partial charge on any atom is -0.316 e. The molecule has 0 radical (unpaired) electrons. The second-order valence-corrected chi connectivity index (χ2v) is 5.38. The molecule has 1 aromatic rings. The van der Waals surface area contributed by atoms with Crippen LogP contribution in [0.1, 0.15) is 51.2 Å². The van der Waals surface area contributed by atoms with Crippen LogP contribution in [0.15, 0.2) is 24.3 Å². The van der Waals surface area contributed by atoms with Crippen molar-refractivity contribution in [2.45, 2.75) is 52.5 Å². The van der Waals surface area contributed by atoms with Crippen LogP contribution in [0, 0.1) is 5.92 Å². The molecule has 96 valence electrons.